The normalized spacial score (nSPS) is 10.1. The quantitative estimate of drug-likeness (QED) is 0.904. The molecular weight excluding hydrogens is 252 g/mol. The van der Waals surface area contributed by atoms with Gasteiger partial charge in [-0.1, -0.05) is 23.7 Å². The molecule has 2 aromatic carbocycles. The second-order valence-electron chi connectivity index (χ2n) is 3.86. The Kier molecular flexibility index (Phi) is 3.53. The summed E-state index contributed by atoms with van der Waals surface area (Å²) in [6.07, 6.45) is 0. The SMILES string of the molecule is Cc1ccc(C(=O)O)c(Oc2cccc(Cl)c2)c1. The van der Waals surface area contributed by atoms with Crippen molar-refractivity contribution in [2.75, 3.05) is 0 Å². The van der Waals surface area contributed by atoms with Crippen LogP contribution >= 0.6 is 11.6 Å². The number of carboxylic acids is 1. The third-order valence-corrected chi connectivity index (χ3v) is 2.63. The van der Waals surface area contributed by atoms with Crippen LogP contribution in [0.25, 0.3) is 0 Å². The van der Waals surface area contributed by atoms with E-state index in [2.05, 4.69) is 0 Å². The molecule has 18 heavy (non-hydrogen) atoms. The van der Waals surface area contributed by atoms with Crippen molar-refractivity contribution in [1.82, 2.24) is 0 Å². The summed E-state index contributed by atoms with van der Waals surface area (Å²) in [6, 6.07) is 11.8. The zero-order valence-electron chi connectivity index (χ0n) is 9.68. The zero-order valence-corrected chi connectivity index (χ0v) is 10.4. The van der Waals surface area contributed by atoms with Crippen LogP contribution in [0.5, 0.6) is 11.5 Å². The number of halogens is 1. The molecule has 0 aliphatic rings. The van der Waals surface area contributed by atoms with Crippen LogP contribution in [-0.4, -0.2) is 11.1 Å². The van der Waals surface area contributed by atoms with Gasteiger partial charge in [0.05, 0.1) is 0 Å². The minimum absolute atomic E-state index is 0.126. The summed E-state index contributed by atoms with van der Waals surface area (Å²) >= 11 is 5.85. The van der Waals surface area contributed by atoms with Gasteiger partial charge in [-0.3, -0.25) is 0 Å². The van der Waals surface area contributed by atoms with Crippen LogP contribution in [0, 0.1) is 6.92 Å². The highest BCUT2D eigenvalue weighted by atomic mass is 35.5. The van der Waals surface area contributed by atoms with Gasteiger partial charge >= 0.3 is 5.97 Å². The van der Waals surface area contributed by atoms with Crippen molar-refractivity contribution in [3.05, 3.63) is 58.6 Å². The van der Waals surface area contributed by atoms with Crippen molar-refractivity contribution in [3.8, 4) is 11.5 Å². The van der Waals surface area contributed by atoms with Crippen molar-refractivity contribution < 1.29 is 14.6 Å². The fourth-order valence-corrected chi connectivity index (χ4v) is 1.73. The van der Waals surface area contributed by atoms with Gasteiger partial charge in [0.2, 0.25) is 0 Å². The second kappa shape index (κ2) is 5.10. The Morgan fingerprint density at radius 1 is 1.22 bits per heavy atom. The Bertz CT molecular complexity index is 593. The molecule has 3 nitrogen and oxygen atoms in total. The smallest absolute Gasteiger partial charge is 0.339 e. The van der Waals surface area contributed by atoms with E-state index in [4.69, 9.17) is 21.4 Å². The second-order valence-corrected chi connectivity index (χ2v) is 4.30. The molecule has 0 heterocycles. The summed E-state index contributed by atoms with van der Waals surface area (Å²) in [4.78, 5) is 11.1. The Morgan fingerprint density at radius 3 is 2.67 bits per heavy atom. The number of hydrogen-bond acceptors (Lipinski definition) is 2. The first-order valence-electron chi connectivity index (χ1n) is 5.33. The van der Waals surface area contributed by atoms with E-state index in [9.17, 15) is 4.79 Å². The van der Waals surface area contributed by atoms with E-state index in [1.165, 1.54) is 6.07 Å². The van der Waals surface area contributed by atoms with Gasteiger partial charge in [-0.05, 0) is 42.8 Å². The van der Waals surface area contributed by atoms with Crippen LogP contribution in [0.15, 0.2) is 42.5 Å². The minimum Gasteiger partial charge on any atom is -0.478 e. The number of benzene rings is 2. The largest absolute Gasteiger partial charge is 0.478 e. The average Bonchev–Trinajstić information content (AvgIpc) is 2.28. The van der Waals surface area contributed by atoms with Crippen molar-refractivity contribution in [3.63, 3.8) is 0 Å². The maximum absolute atomic E-state index is 11.1. The van der Waals surface area contributed by atoms with Gasteiger partial charge in [-0.2, -0.15) is 0 Å². The van der Waals surface area contributed by atoms with E-state index < -0.39 is 5.97 Å². The van der Waals surface area contributed by atoms with E-state index in [1.54, 1.807) is 36.4 Å². The molecule has 0 saturated carbocycles. The van der Waals surface area contributed by atoms with E-state index in [0.717, 1.165) is 5.56 Å². The summed E-state index contributed by atoms with van der Waals surface area (Å²) < 4.78 is 5.57. The molecule has 92 valence electrons. The molecule has 0 bridgehead atoms. The van der Waals surface area contributed by atoms with Gasteiger partial charge in [0, 0.05) is 5.02 Å². The van der Waals surface area contributed by atoms with Crippen molar-refractivity contribution in [2.24, 2.45) is 0 Å². The summed E-state index contributed by atoms with van der Waals surface area (Å²) in [5.41, 5.74) is 1.05. The number of aromatic carboxylic acids is 1. The van der Waals surface area contributed by atoms with Crippen LogP contribution in [0.1, 0.15) is 15.9 Å². The van der Waals surface area contributed by atoms with Gasteiger partial charge < -0.3 is 9.84 Å². The first-order valence-corrected chi connectivity index (χ1v) is 5.71. The molecule has 0 atom stereocenters. The number of carboxylic acid groups (broad SMARTS) is 1. The molecule has 0 aliphatic carbocycles. The molecule has 2 rings (SSSR count). The van der Waals surface area contributed by atoms with Gasteiger partial charge in [0.15, 0.2) is 0 Å². The van der Waals surface area contributed by atoms with Crippen LogP contribution < -0.4 is 4.74 Å². The number of carbonyl (C=O) groups is 1. The van der Waals surface area contributed by atoms with Crippen LogP contribution in [0.2, 0.25) is 5.02 Å². The third kappa shape index (κ3) is 2.81. The van der Waals surface area contributed by atoms with Gasteiger partial charge in [0.25, 0.3) is 0 Å². The highest BCUT2D eigenvalue weighted by Crippen LogP contribution is 2.28. The summed E-state index contributed by atoms with van der Waals surface area (Å²) in [6.45, 7) is 1.87. The number of aryl methyl sites for hydroxylation is 1. The van der Waals surface area contributed by atoms with Gasteiger partial charge in [0.1, 0.15) is 17.1 Å². The Balaban J connectivity index is 2.39. The lowest BCUT2D eigenvalue weighted by atomic mass is 10.1. The standard InChI is InChI=1S/C14H11ClO3/c1-9-5-6-12(14(16)17)13(7-9)18-11-4-2-3-10(15)8-11/h2-8H,1H3,(H,16,17). The Labute approximate surface area is 110 Å². The predicted molar refractivity (Wildman–Crippen MR) is 69.7 cm³/mol. The number of ether oxygens (including phenoxy) is 1. The van der Waals surface area contributed by atoms with Crippen LogP contribution in [-0.2, 0) is 0 Å². The van der Waals surface area contributed by atoms with E-state index in [1.807, 2.05) is 6.92 Å². The Morgan fingerprint density at radius 2 is 2.00 bits per heavy atom. The van der Waals surface area contributed by atoms with E-state index in [0.29, 0.717) is 16.5 Å². The van der Waals surface area contributed by atoms with Gasteiger partial charge in [-0.15, -0.1) is 0 Å². The fourth-order valence-electron chi connectivity index (χ4n) is 1.55. The molecule has 0 aliphatic heterocycles. The topological polar surface area (TPSA) is 46.5 Å². The highest BCUT2D eigenvalue weighted by Gasteiger charge is 2.12. The molecule has 1 N–H and O–H groups in total. The lowest BCUT2D eigenvalue weighted by molar-refractivity contribution is 0.0694. The molecule has 0 amide bonds. The maximum atomic E-state index is 11.1. The zero-order chi connectivity index (χ0) is 13.1. The molecule has 0 aromatic heterocycles. The molecule has 0 fully saturated rings. The van der Waals surface area contributed by atoms with Crippen LogP contribution in [0.3, 0.4) is 0 Å². The predicted octanol–water partition coefficient (Wildman–Crippen LogP) is 4.14. The molecule has 0 unspecified atom stereocenters. The lowest BCUT2D eigenvalue weighted by Gasteiger charge is -2.09. The third-order valence-electron chi connectivity index (χ3n) is 2.39. The molecule has 4 heteroatoms. The molecule has 2 aromatic rings. The number of rotatable bonds is 3. The molecule has 0 radical (unpaired) electrons. The maximum Gasteiger partial charge on any atom is 0.339 e. The fraction of sp³-hybridized carbons (Fsp3) is 0.0714. The number of hydrogen-bond donors (Lipinski definition) is 1. The Hall–Kier alpha value is -2.00. The summed E-state index contributed by atoms with van der Waals surface area (Å²) in [5.74, 6) is -0.201. The molecular formula is C14H11ClO3. The summed E-state index contributed by atoms with van der Waals surface area (Å²) in [7, 11) is 0. The lowest BCUT2D eigenvalue weighted by Crippen LogP contribution is -2.00. The van der Waals surface area contributed by atoms with E-state index in [-0.39, 0.29) is 5.56 Å². The average molecular weight is 263 g/mol. The van der Waals surface area contributed by atoms with Gasteiger partial charge in [-0.25, -0.2) is 4.79 Å². The van der Waals surface area contributed by atoms with Crippen molar-refractivity contribution in [2.45, 2.75) is 6.92 Å². The highest BCUT2D eigenvalue weighted by molar-refractivity contribution is 6.30. The van der Waals surface area contributed by atoms with Crippen molar-refractivity contribution in [1.29, 1.82) is 0 Å². The van der Waals surface area contributed by atoms with Crippen LogP contribution in [0.4, 0.5) is 0 Å². The summed E-state index contributed by atoms with van der Waals surface area (Å²) in [5, 5.41) is 9.62. The molecule has 0 saturated heterocycles. The van der Waals surface area contributed by atoms with E-state index >= 15 is 0 Å². The van der Waals surface area contributed by atoms with Crippen molar-refractivity contribution >= 4 is 17.6 Å². The first kappa shape index (κ1) is 12.5. The monoisotopic (exact) mass is 262 g/mol. The first-order chi connectivity index (χ1) is 8.56. The minimum atomic E-state index is -1.02. The molecule has 0 spiro atoms.